The molecular weight excluding hydrogens is 322 g/mol. The molecule has 0 radical (unpaired) electrons. The van der Waals surface area contributed by atoms with E-state index in [2.05, 4.69) is 4.74 Å². The quantitative estimate of drug-likeness (QED) is 0.766. The van der Waals surface area contributed by atoms with Crippen molar-refractivity contribution in [2.75, 3.05) is 20.2 Å². The Hall–Kier alpha value is -2.37. The van der Waals surface area contributed by atoms with Gasteiger partial charge in [0.1, 0.15) is 0 Å². The second kappa shape index (κ2) is 9.20. The Morgan fingerprint density at radius 3 is 2.56 bits per heavy atom. The zero-order valence-electron chi connectivity index (χ0n) is 14.6. The standard InChI is InChI=1S/C19H25NO5/c1-25-19(24)16-8-4-14(5-9-16)6-10-17(21)20-12-2-3-15(13-20)7-11-18(22)23/h4-5,8-9,15H,2-3,6-7,10-13H2,1H3,(H,22,23). The summed E-state index contributed by atoms with van der Waals surface area (Å²) in [6.45, 7) is 1.41. The lowest BCUT2D eigenvalue weighted by molar-refractivity contribution is -0.137. The number of carboxylic acids is 1. The van der Waals surface area contributed by atoms with Crippen molar-refractivity contribution in [3.63, 3.8) is 0 Å². The number of carboxylic acid groups (broad SMARTS) is 1. The Labute approximate surface area is 147 Å². The van der Waals surface area contributed by atoms with Gasteiger partial charge in [0.05, 0.1) is 12.7 Å². The van der Waals surface area contributed by atoms with E-state index in [0.717, 1.165) is 24.9 Å². The third-order valence-corrected chi connectivity index (χ3v) is 4.64. The summed E-state index contributed by atoms with van der Waals surface area (Å²) < 4.78 is 4.66. The molecule has 1 aliphatic rings. The summed E-state index contributed by atoms with van der Waals surface area (Å²) in [5.74, 6) is -0.757. The number of likely N-dealkylation sites (tertiary alicyclic amines) is 1. The Kier molecular flexibility index (Phi) is 6.98. The van der Waals surface area contributed by atoms with Gasteiger partial charge in [-0.1, -0.05) is 12.1 Å². The molecule has 1 heterocycles. The number of carbonyl (C=O) groups is 3. The lowest BCUT2D eigenvalue weighted by Crippen LogP contribution is -2.40. The summed E-state index contributed by atoms with van der Waals surface area (Å²) in [5, 5.41) is 8.79. The van der Waals surface area contributed by atoms with Crippen molar-refractivity contribution in [1.82, 2.24) is 4.90 Å². The molecule has 25 heavy (non-hydrogen) atoms. The monoisotopic (exact) mass is 347 g/mol. The number of methoxy groups -OCH3 is 1. The van der Waals surface area contributed by atoms with Crippen molar-refractivity contribution in [3.8, 4) is 0 Å². The molecule has 1 aromatic rings. The molecule has 6 heteroatoms. The van der Waals surface area contributed by atoms with Crippen LogP contribution < -0.4 is 0 Å². The van der Waals surface area contributed by atoms with E-state index in [9.17, 15) is 14.4 Å². The summed E-state index contributed by atoms with van der Waals surface area (Å²) in [7, 11) is 1.34. The smallest absolute Gasteiger partial charge is 0.337 e. The SMILES string of the molecule is COC(=O)c1ccc(CCC(=O)N2CCCC(CCC(=O)O)C2)cc1. The largest absolute Gasteiger partial charge is 0.481 e. The minimum atomic E-state index is -0.779. The first-order valence-corrected chi connectivity index (χ1v) is 8.66. The number of ether oxygens (including phenoxy) is 1. The number of rotatable bonds is 7. The zero-order valence-corrected chi connectivity index (χ0v) is 14.6. The second-order valence-corrected chi connectivity index (χ2v) is 6.47. The average Bonchev–Trinajstić information content (AvgIpc) is 2.64. The van der Waals surface area contributed by atoms with Gasteiger partial charge in [-0.05, 0) is 49.3 Å². The van der Waals surface area contributed by atoms with Crippen LogP contribution in [0.15, 0.2) is 24.3 Å². The summed E-state index contributed by atoms with van der Waals surface area (Å²) in [6.07, 6.45) is 3.77. The van der Waals surface area contributed by atoms with E-state index in [1.54, 1.807) is 12.1 Å². The van der Waals surface area contributed by atoms with E-state index in [4.69, 9.17) is 5.11 Å². The lowest BCUT2D eigenvalue weighted by atomic mass is 9.93. The maximum Gasteiger partial charge on any atom is 0.337 e. The summed E-state index contributed by atoms with van der Waals surface area (Å²) in [4.78, 5) is 36.4. The van der Waals surface area contributed by atoms with E-state index < -0.39 is 5.97 Å². The molecule has 2 rings (SSSR count). The van der Waals surface area contributed by atoms with Gasteiger partial charge in [0.15, 0.2) is 0 Å². The van der Waals surface area contributed by atoms with Crippen LogP contribution in [0.25, 0.3) is 0 Å². The van der Waals surface area contributed by atoms with E-state index in [0.29, 0.717) is 31.4 Å². The van der Waals surface area contributed by atoms with E-state index in [-0.39, 0.29) is 24.2 Å². The van der Waals surface area contributed by atoms with Crippen molar-refractivity contribution < 1.29 is 24.2 Å². The first kappa shape index (κ1) is 19.0. The Balaban J connectivity index is 1.81. The van der Waals surface area contributed by atoms with Crippen LogP contribution in [0, 0.1) is 5.92 Å². The molecular formula is C19H25NO5. The molecule has 0 bridgehead atoms. The highest BCUT2D eigenvalue weighted by Gasteiger charge is 2.23. The molecule has 1 amide bonds. The fraction of sp³-hybridized carbons (Fsp3) is 0.526. The molecule has 0 aromatic heterocycles. The van der Waals surface area contributed by atoms with Gasteiger partial charge < -0.3 is 14.7 Å². The maximum atomic E-state index is 12.4. The second-order valence-electron chi connectivity index (χ2n) is 6.47. The van der Waals surface area contributed by atoms with Gasteiger partial charge in [0.2, 0.25) is 5.91 Å². The van der Waals surface area contributed by atoms with Crippen molar-refractivity contribution in [1.29, 1.82) is 0 Å². The zero-order chi connectivity index (χ0) is 18.2. The number of esters is 1. The third kappa shape index (κ3) is 5.89. The number of aryl methyl sites for hydroxylation is 1. The van der Waals surface area contributed by atoms with Gasteiger partial charge >= 0.3 is 11.9 Å². The topological polar surface area (TPSA) is 83.9 Å². The van der Waals surface area contributed by atoms with Crippen molar-refractivity contribution in [2.45, 2.75) is 38.5 Å². The van der Waals surface area contributed by atoms with Crippen molar-refractivity contribution >= 4 is 17.8 Å². The molecule has 1 unspecified atom stereocenters. The molecule has 1 aliphatic heterocycles. The lowest BCUT2D eigenvalue weighted by Gasteiger charge is -2.32. The maximum absolute atomic E-state index is 12.4. The highest BCUT2D eigenvalue weighted by Crippen LogP contribution is 2.22. The summed E-state index contributed by atoms with van der Waals surface area (Å²) >= 11 is 0. The summed E-state index contributed by atoms with van der Waals surface area (Å²) in [5.41, 5.74) is 1.50. The number of nitrogens with zero attached hydrogens (tertiary/aromatic N) is 1. The first-order chi connectivity index (χ1) is 12.0. The van der Waals surface area contributed by atoms with Crippen LogP contribution in [0.4, 0.5) is 0 Å². The van der Waals surface area contributed by atoms with Gasteiger partial charge in [-0.3, -0.25) is 9.59 Å². The Bertz CT molecular complexity index is 611. The molecule has 0 saturated carbocycles. The van der Waals surface area contributed by atoms with Gasteiger partial charge in [-0.15, -0.1) is 0 Å². The van der Waals surface area contributed by atoms with Gasteiger partial charge in [-0.25, -0.2) is 4.79 Å². The number of piperidine rings is 1. The van der Waals surface area contributed by atoms with E-state index in [1.807, 2.05) is 17.0 Å². The Morgan fingerprint density at radius 1 is 1.20 bits per heavy atom. The van der Waals surface area contributed by atoms with E-state index in [1.165, 1.54) is 7.11 Å². The van der Waals surface area contributed by atoms with Crippen molar-refractivity contribution in [2.24, 2.45) is 5.92 Å². The van der Waals surface area contributed by atoms with Crippen LogP contribution in [0.2, 0.25) is 0 Å². The van der Waals surface area contributed by atoms with Crippen LogP contribution in [-0.4, -0.2) is 48.1 Å². The summed E-state index contributed by atoms with van der Waals surface area (Å²) in [6, 6.07) is 7.08. The predicted octanol–water partition coefficient (Wildman–Crippen LogP) is 2.51. The minimum absolute atomic E-state index is 0.108. The highest BCUT2D eigenvalue weighted by molar-refractivity contribution is 5.89. The third-order valence-electron chi connectivity index (χ3n) is 4.64. The van der Waals surface area contributed by atoms with Gasteiger partial charge in [0.25, 0.3) is 0 Å². The van der Waals surface area contributed by atoms with E-state index >= 15 is 0 Å². The fourth-order valence-electron chi connectivity index (χ4n) is 3.19. The normalized spacial score (nSPS) is 17.2. The number of amides is 1. The van der Waals surface area contributed by atoms with Crippen LogP contribution >= 0.6 is 0 Å². The number of hydrogen-bond acceptors (Lipinski definition) is 4. The molecule has 1 atom stereocenters. The number of carbonyl (C=O) groups excluding carboxylic acids is 2. The minimum Gasteiger partial charge on any atom is -0.481 e. The Morgan fingerprint density at radius 2 is 1.92 bits per heavy atom. The van der Waals surface area contributed by atoms with Crippen molar-refractivity contribution in [3.05, 3.63) is 35.4 Å². The molecule has 1 aromatic carbocycles. The van der Waals surface area contributed by atoms with Crippen LogP contribution in [0.1, 0.15) is 48.0 Å². The van der Waals surface area contributed by atoms with Crippen LogP contribution in [0.3, 0.4) is 0 Å². The average molecular weight is 347 g/mol. The molecule has 1 fully saturated rings. The molecule has 6 nitrogen and oxygen atoms in total. The van der Waals surface area contributed by atoms with Gasteiger partial charge in [-0.2, -0.15) is 0 Å². The van der Waals surface area contributed by atoms with Gasteiger partial charge in [0, 0.05) is 25.9 Å². The number of benzene rings is 1. The fourth-order valence-corrected chi connectivity index (χ4v) is 3.19. The molecule has 1 N–H and O–H groups in total. The molecule has 0 spiro atoms. The molecule has 0 aliphatic carbocycles. The predicted molar refractivity (Wildman–Crippen MR) is 92.3 cm³/mol. The first-order valence-electron chi connectivity index (χ1n) is 8.66. The van der Waals surface area contributed by atoms with Crippen LogP contribution in [-0.2, 0) is 20.7 Å². The molecule has 136 valence electrons. The highest BCUT2D eigenvalue weighted by atomic mass is 16.5. The van der Waals surface area contributed by atoms with Crippen LogP contribution in [0.5, 0.6) is 0 Å². The number of aliphatic carboxylic acids is 1. The molecule has 1 saturated heterocycles. The number of hydrogen-bond donors (Lipinski definition) is 1.